The van der Waals surface area contributed by atoms with Gasteiger partial charge in [0.2, 0.25) is 11.9 Å². The molecule has 6 heteroatoms. The Bertz CT molecular complexity index is 455. The lowest BCUT2D eigenvalue weighted by Crippen LogP contribution is -2.43. The average molecular weight is 263 g/mol. The minimum absolute atomic E-state index is 0.00417. The van der Waals surface area contributed by atoms with E-state index in [9.17, 15) is 9.59 Å². The summed E-state index contributed by atoms with van der Waals surface area (Å²) in [4.78, 5) is 32.5. The van der Waals surface area contributed by atoms with E-state index in [0.29, 0.717) is 31.6 Å². The van der Waals surface area contributed by atoms with Gasteiger partial charge in [-0.2, -0.15) is 0 Å². The molecule has 102 valence electrons. The van der Waals surface area contributed by atoms with Crippen molar-refractivity contribution in [3.63, 3.8) is 0 Å². The second-order valence-corrected chi connectivity index (χ2v) is 4.78. The van der Waals surface area contributed by atoms with E-state index in [-0.39, 0.29) is 17.9 Å². The maximum atomic E-state index is 11.8. The van der Waals surface area contributed by atoms with Crippen molar-refractivity contribution >= 4 is 17.8 Å². The number of hydrogen-bond acceptors (Lipinski definition) is 4. The van der Waals surface area contributed by atoms with Gasteiger partial charge in [-0.1, -0.05) is 0 Å². The third-order valence-electron chi connectivity index (χ3n) is 3.52. The van der Waals surface area contributed by atoms with E-state index in [4.69, 9.17) is 5.11 Å². The van der Waals surface area contributed by atoms with Crippen molar-refractivity contribution in [2.24, 2.45) is 5.92 Å². The number of carboxylic acid groups (broad SMARTS) is 1. The first-order valence-electron chi connectivity index (χ1n) is 6.39. The number of hydrogen-bond donors (Lipinski definition) is 1. The molecular weight excluding hydrogens is 246 g/mol. The van der Waals surface area contributed by atoms with Gasteiger partial charge < -0.3 is 5.11 Å². The third kappa shape index (κ3) is 3.07. The predicted octanol–water partition coefficient (Wildman–Crippen LogP) is 1.47. The van der Waals surface area contributed by atoms with Gasteiger partial charge in [-0.3, -0.25) is 14.5 Å². The molecule has 0 saturated heterocycles. The zero-order chi connectivity index (χ0) is 13.8. The molecule has 1 heterocycles. The molecule has 0 spiro atoms. The van der Waals surface area contributed by atoms with E-state index in [2.05, 4.69) is 9.97 Å². The SMILES string of the molecule is CC(=O)N(c1ncccn1)C1CCC(C(=O)O)CC1. The van der Waals surface area contributed by atoms with Gasteiger partial charge in [0.1, 0.15) is 0 Å². The quantitative estimate of drug-likeness (QED) is 0.892. The summed E-state index contributed by atoms with van der Waals surface area (Å²) in [6.07, 6.45) is 5.74. The average Bonchev–Trinajstić information content (AvgIpc) is 2.40. The van der Waals surface area contributed by atoms with Crippen LogP contribution in [0.1, 0.15) is 32.6 Å². The lowest BCUT2D eigenvalue weighted by molar-refractivity contribution is -0.142. The second-order valence-electron chi connectivity index (χ2n) is 4.78. The van der Waals surface area contributed by atoms with Crippen LogP contribution in [0.15, 0.2) is 18.5 Å². The molecule has 2 rings (SSSR count). The molecule has 0 unspecified atom stereocenters. The van der Waals surface area contributed by atoms with Crippen LogP contribution in [0.5, 0.6) is 0 Å². The molecule has 19 heavy (non-hydrogen) atoms. The van der Waals surface area contributed by atoms with E-state index < -0.39 is 5.97 Å². The number of nitrogens with zero attached hydrogens (tertiary/aromatic N) is 3. The van der Waals surface area contributed by atoms with Crippen molar-refractivity contribution < 1.29 is 14.7 Å². The summed E-state index contributed by atoms with van der Waals surface area (Å²) in [5, 5.41) is 8.98. The number of rotatable bonds is 3. The molecule has 0 radical (unpaired) electrons. The van der Waals surface area contributed by atoms with Crippen LogP contribution >= 0.6 is 0 Å². The van der Waals surface area contributed by atoms with E-state index >= 15 is 0 Å². The van der Waals surface area contributed by atoms with Crippen molar-refractivity contribution in [1.29, 1.82) is 0 Å². The summed E-state index contributed by atoms with van der Waals surface area (Å²) >= 11 is 0. The second kappa shape index (κ2) is 5.77. The molecule has 6 nitrogen and oxygen atoms in total. The Balaban J connectivity index is 2.10. The molecule has 1 aliphatic carbocycles. The molecule has 0 atom stereocenters. The molecule has 1 amide bonds. The van der Waals surface area contributed by atoms with E-state index in [0.717, 1.165) is 0 Å². The molecule has 0 aliphatic heterocycles. The van der Waals surface area contributed by atoms with Crippen LogP contribution in [0.3, 0.4) is 0 Å². The first-order valence-corrected chi connectivity index (χ1v) is 6.39. The van der Waals surface area contributed by atoms with Crippen LogP contribution in [0.2, 0.25) is 0 Å². The number of amides is 1. The maximum absolute atomic E-state index is 11.8. The van der Waals surface area contributed by atoms with E-state index in [1.165, 1.54) is 6.92 Å². The summed E-state index contributed by atoms with van der Waals surface area (Å²) in [5.74, 6) is -0.746. The molecule has 1 aliphatic rings. The lowest BCUT2D eigenvalue weighted by Gasteiger charge is -2.33. The van der Waals surface area contributed by atoms with Crippen molar-refractivity contribution in [3.8, 4) is 0 Å². The van der Waals surface area contributed by atoms with Crippen LogP contribution in [-0.4, -0.2) is 33.0 Å². The number of aliphatic carboxylic acids is 1. The fourth-order valence-electron chi connectivity index (χ4n) is 2.56. The van der Waals surface area contributed by atoms with Gasteiger partial charge in [-0.05, 0) is 31.7 Å². The maximum Gasteiger partial charge on any atom is 0.306 e. The molecule has 1 fully saturated rings. The molecule has 0 aromatic carbocycles. The van der Waals surface area contributed by atoms with Crippen LogP contribution in [-0.2, 0) is 9.59 Å². The van der Waals surface area contributed by atoms with Crippen LogP contribution in [0.25, 0.3) is 0 Å². The van der Waals surface area contributed by atoms with Crippen LogP contribution in [0, 0.1) is 5.92 Å². The molecule has 0 bridgehead atoms. The third-order valence-corrected chi connectivity index (χ3v) is 3.52. The van der Waals surface area contributed by atoms with E-state index in [1.54, 1.807) is 23.4 Å². The van der Waals surface area contributed by atoms with Crippen molar-refractivity contribution in [3.05, 3.63) is 18.5 Å². The Kier molecular flexibility index (Phi) is 4.09. The minimum atomic E-state index is -0.746. The normalized spacial score (nSPS) is 22.8. The monoisotopic (exact) mass is 263 g/mol. The van der Waals surface area contributed by atoms with Gasteiger partial charge in [0.25, 0.3) is 0 Å². The van der Waals surface area contributed by atoms with Gasteiger partial charge >= 0.3 is 5.97 Å². The topological polar surface area (TPSA) is 83.4 Å². The summed E-state index contributed by atoms with van der Waals surface area (Å²) in [7, 11) is 0. The molecule has 1 N–H and O–H groups in total. The number of carbonyl (C=O) groups is 2. The number of aromatic nitrogens is 2. The standard InChI is InChI=1S/C13H17N3O3/c1-9(17)16(13-14-7-2-8-15-13)11-5-3-10(4-6-11)12(18)19/h2,7-8,10-11H,3-6H2,1H3,(H,18,19). The van der Waals surface area contributed by atoms with Crippen molar-refractivity contribution in [2.75, 3.05) is 4.90 Å². The summed E-state index contributed by atoms with van der Waals surface area (Å²) in [6.45, 7) is 1.49. The zero-order valence-electron chi connectivity index (χ0n) is 10.8. The molecular formula is C13H17N3O3. The Morgan fingerprint density at radius 1 is 1.21 bits per heavy atom. The zero-order valence-corrected chi connectivity index (χ0v) is 10.8. The number of carboxylic acids is 1. The molecule has 1 saturated carbocycles. The highest BCUT2D eigenvalue weighted by Crippen LogP contribution is 2.29. The van der Waals surface area contributed by atoms with Crippen LogP contribution < -0.4 is 4.90 Å². The van der Waals surface area contributed by atoms with E-state index in [1.807, 2.05) is 0 Å². The van der Waals surface area contributed by atoms with Crippen molar-refractivity contribution in [1.82, 2.24) is 9.97 Å². The number of anilines is 1. The predicted molar refractivity (Wildman–Crippen MR) is 68.6 cm³/mol. The Morgan fingerprint density at radius 3 is 2.26 bits per heavy atom. The first-order chi connectivity index (χ1) is 9.09. The number of carbonyl (C=O) groups excluding carboxylic acids is 1. The van der Waals surface area contributed by atoms with Gasteiger partial charge in [0.05, 0.1) is 5.92 Å². The first kappa shape index (κ1) is 13.5. The Labute approximate surface area is 111 Å². The highest BCUT2D eigenvalue weighted by Gasteiger charge is 2.32. The Hall–Kier alpha value is -1.98. The fourth-order valence-corrected chi connectivity index (χ4v) is 2.56. The lowest BCUT2D eigenvalue weighted by atomic mass is 9.85. The highest BCUT2D eigenvalue weighted by atomic mass is 16.4. The fraction of sp³-hybridized carbons (Fsp3) is 0.538. The van der Waals surface area contributed by atoms with Gasteiger partial charge in [-0.15, -0.1) is 0 Å². The largest absolute Gasteiger partial charge is 0.481 e. The molecule has 1 aromatic heterocycles. The summed E-state index contributed by atoms with van der Waals surface area (Å²) in [5.41, 5.74) is 0. The smallest absolute Gasteiger partial charge is 0.306 e. The van der Waals surface area contributed by atoms with Gasteiger partial charge in [-0.25, -0.2) is 9.97 Å². The minimum Gasteiger partial charge on any atom is -0.481 e. The van der Waals surface area contributed by atoms with Gasteiger partial charge in [0.15, 0.2) is 0 Å². The van der Waals surface area contributed by atoms with Crippen molar-refractivity contribution in [2.45, 2.75) is 38.6 Å². The Morgan fingerprint density at radius 2 is 1.79 bits per heavy atom. The molecule has 1 aromatic rings. The highest BCUT2D eigenvalue weighted by molar-refractivity contribution is 5.90. The van der Waals surface area contributed by atoms with Crippen LogP contribution in [0.4, 0.5) is 5.95 Å². The summed E-state index contributed by atoms with van der Waals surface area (Å²) < 4.78 is 0. The summed E-state index contributed by atoms with van der Waals surface area (Å²) in [6, 6.07) is 1.69. The van der Waals surface area contributed by atoms with Gasteiger partial charge in [0, 0.05) is 25.4 Å².